The fourth-order valence-electron chi connectivity index (χ4n) is 2.73. The zero-order valence-corrected chi connectivity index (χ0v) is 15.6. The lowest BCUT2D eigenvalue weighted by Crippen LogP contribution is -2.32. The molecular formula is C19H23N3O2S. The molecule has 0 saturated carbocycles. The highest BCUT2D eigenvalue weighted by Gasteiger charge is 2.16. The zero-order chi connectivity index (χ0) is 17.8. The van der Waals surface area contributed by atoms with Gasteiger partial charge in [0.2, 0.25) is 0 Å². The van der Waals surface area contributed by atoms with Crippen molar-refractivity contribution < 1.29 is 9.53 Å². The Morgan fingerprint density at radius 3 is 2.68 bits per heavy atom. The minimum Gasteiger partial charge on any atom is -0.497 e. The highest BCUT2D eigenvalue weighted by Crippen LogP contribution is 2.26. The average molecular weight is 357 g/mol. The van der Waals surface area contributed by atoms with Crippen LogP contribution in [0, 0.1) is 0 Å². The van der Waals surface area contributed by atoms with Gasteiger partial charge in [0.15, 0.2) is 0 Å². The summed E-state index contributed by atoms with van der Waals surface area (Å²) in [7, 11) is 5.65. The second-order valence-electron chi connectivity index (χ2n) is 6.19. The molecule has 2 heterocycles. The summed E-state index contributed by atoms with van der Waals surface area (Å²) < 4.78 is 8.43. The number of methoxy groups -OCH3 is 1. The standard InChI is InChI=1S/C19H23N3O2S/c1-21(2)10-9-20-19(23)17-12-18-16(8-11-25-18)22(17)13-14-4-6-15(24-3)7-5-14/h4-8,11-12H,9-10,13H2,1-3H3,(H,20,23). The molecule has 3 aromatic rings. The largest absolute Gasteiger partial charge is 0.497 e. The summed E-state index contributed by atoms with van der Waals surface area (Å²) in [5.41, 5.74) is 2.93. The smallest absolute Gasteiger partial charge is 0.268 e. The van der Waals surface area contributed by atoms with Crippen LogP contribution in [0.25, 0.3) is 10.2 Å². The number of thiophene rings is 1. The van der Waals surface area contributed by atoms with Gasteiger partial charge >= 0.3 is 0 Å². The highest BCUT2D eigenvalue weighted by atomic mass is 32.1. The van der Waals surface area contributed by atoms with E-state index in [0.717, 1.165) is 28.1 Å². The Balaban J connectivity index is 1.84. The fourth-order valence-corrected chi connectivity index (χ4v) is 3.55. The predicted octanol–water partition coefficient (Wildman–Crippen LogP) is 3.05. The minimum atomic E-state index is -0.0289. The Labute approximate surface area is 151 Å². The summed E-state index contributed by atoms with van der Waals surface area (Å²) in [5.74, 6) is 0.803. The van der Waals surface area contributed by atoms with Crippen LogP contribution in [0.3, 0.4) is 0 Å². The van der Waals surface area contributed by atoms with Gasteiger partial charge in [-0.3, -0.25) is 4.79 Å². The predicted molar refractivity (Wildman–Crippen MR) is 103 cm³/mol. The number of hydrogen-bond donors (Lipinski definition) is 1. The van der Waals surface area contributed by atoms with Crippen molar-refractivity contribution in [2.45, 2.75) is 6.54 Å². The Hall–Kier alpha value is -2.31. The van der Waals surface area contributed by atoms with Crippen LogP contribution in [-0.2, 0) is 6.54 Å². The Morgan fingerprint density at radius 1 is 1.24 bits per heavy atom. The molecule has 0 spiro atoms. The lowest BCUT2D eigenvalue weighted by Gasteiger charge is -2.13. The maximum absolute atomic E-state index is 12.6. The maximum atomic E-state index is 12.6. The number of aromatic nitrogens is 1. The van der Waals surface area contributed by atoms with Crippen LogP contribution in [-0.4, -0.2) is 49.7 Å². The fraction of sp³-hybridized carbons (Fsp3) is 0.316. The molecule has 1 aromatic carbocycles. The molecule has 0 radical (unpaired) electrons. The molecule has 132 valence electrons. The van der Waals surface area contributed by atoms with Crippen LogP contribution >= 0.6 is 11.3 Å². The van der Waals surface area contributed by atoms with E-state index >= 15 is 0 Å². The van der Waals surface area contributed by atoms with Crippen LogP contribution < -0.4 is 10.1 Å². The molecule has 5 nitrogen and oxygen atoms in total. The van der Waals surface area contributed by atoms with Gasteiger partial charge in [0.1, 0.15) is 11.4 Å². The van der Waals surface area contributed by atoms with Gasteiger partial charge in [0.25, 0.3) is 5.91 Å². The van der Waals surface area contributed by atoms with Gasteiger partial charge < -0.3 is 19.5 Å². The van der Waals surface area contributed by atoms with E-state index in [-0.39, 0.29) is 5.91 Å². The number of benzene rings is 1. The molecule has 0 aliphatic rings. The second kappa shape index (κ2) is 7.72. The van der Waals surface area contributed by atoms with Gasteiger partial charge in [0.05, 0.1) is 17.3 Å². The number of ether oxygens (including phenoxy) is 1. The van der Waals surface area contributed by atoms with Crippen molar-refractivity contribution in [3.05, 3.63) is 53.0 Å². The van der Waals surface area contributed by atoms with Crippen molar-refractivity contribution in [1.82, 2.24) is 14.8 Å². The number of amides is 1. The topological polar surface area (TPSA) is 46.5 Å². The molecular weight excluding hydrogens is 334 g/mol. The Kier molecular flexibility index (Phi) is 5.40. The highest BCUT2D eigenvalue weighted by molar-refractivity contribution is 7.17. The Morgan fingerprint density at radius 2 is 2.00 bits per heavy atom. The number of hydrogen-bond acceptors (Lipinski definition) is 4. The van der Waals surface area contributed by atoms with E-state index in [2.05, 4.69) is 26.2 Å². The number of nitrogens with zero attached hydrogens (tertiary/aromatic N) is 2. The van der Waals surface area contributed by atoms with Gasteiger partial charge in [-0.1, -0.05) is 12.1 Å². The van der Waals surface area contributed by atoms with Crippen LogP contribution in [0.5, 0.6) is 5.75 Å². The number of carbonyl (C=O) groups excluding carboxylic acids is 1. The van der Waals surface area contributed by atoms with Crippen molar-refractivity contribution in [1.29, 1.82) is 0 Å². The van der Waals surface area contributed by atoms with Crippen LogP contribution in [0.1, 0.15) is 16.1 Å². The summed E-state index contributed by atoms with van der Waals surface area (Å²) in [4.78, 5) is 14.7. The van der Waals surface area contributed by atoms with Crippen LogP contribution in [0.15, 0.2) is 41.8 Å². The molecule has 0 aliphatic heterocycles. The first-order chi connectivity index (χ1) is 12.1. The third kappa shape index (κ3) is 4.03. The van der Waals surface area contributed by atoms with Crippen LogP contribution in [0.2, 0.25) is 0 Å². The zero-order valence-electron chi connectivity index (χ0n) is 14.8. The van der Waals surface area contributed by atoms with Crippen molar-refractivity contribution in [3.8, 4) is 5.75 Å². The van der Waals surface area contributed by atoms with E-state index in [9.17, 15) is 4.79 Å². The maximum Gasteiger partial charge on any atom is 0.268 e. The number of carbonyl (C=O) groups is 1. The quantitative estimate of drug-likeness (QED) is 0.707. The van der Waals surface area contributed by atoms with Gasteiger partial charge in [-0.05, 0) is 49.3 Å². The molecule has 0 bridgehead atoms. The molecule has 1 N–H and O–H groups in total. The molecule has 6 heteroatoms. The second-order valence-corrected chi connectivity index (χ2v) is 7.14. The molecule has 0 unspecified atom stereocenters. The molecule has 0 atom stereocenters. The van der Waals surface area contributed by atoms with E-state index in [4.69, 9.17) is 4.74 Å². The number of rotatable bonds is 7. The molecule has 0 aliphatic carbocycles. The van der Waals surface area contributed by atoms with E-state index < -0.39 is 0 Å². The third-order valence-corrected chi connectivity index (χ3v) is 4.95. The summed E-state index contributed by atoms with van der Waals surface area (Å²) in [5, 5.41) is 5.07. The van der Waals surface area contributed by atoms with E-state index in [1.165, 1.54) is 0 Å². The van der Waals surface area contributed by atoms with Gasteiger partial charge in [-0.15, -0.1) is 11.3 Å². The Bertz CT molecular complexity index is 849. The molecule has 2 aromatic heterocycles. The molecule has 1 amide bonds. The molecule has 0 fully saturated rings. The van der Waals surface area contributed by atoms with E-state index in [1.807, 2.05) is 44.4 Å². The van der Waals surface area contributed by atoms with Crippen LogP contribution in [0.4, 0.5) is 0 Å². The molecule has 3 rings (SSSR count). The first-order valence-corrected chi connectivity index (χ1v) is 9.09. The van der Waals surface area contributed by atoms with Crippen molar-refractivity contribution >= 4 is 27.5 Å². The molecule has 0 saturated heterocycles. The molecule has 25 heavy (non-hydrogen) atoms. The lowest BCUT2D eigenvalue weighted by molar-refractivity contribution is 0.0942. The SMILES string of the molecule is COc1ccc(Cn2c(C(=O)NCCN(C)C)cc3sccc32)cc1. The van der Waals surface area contributed by atoms with Crippen molar-refractivity contribution in [3.63, 3.8) is 0 Å². The normalized spacial score (nSPS) is 11.2. The van der Waals surface area contributed by atoms with Gasteiger partial charge in [0, 0.05) is 19.6 Å². The van der Waals surface area contributed by atoms with Gasteiger partial charge in [-0.2, -0.15) is 0 Å². The van der Waals surface area contributed by atoms with Crippen molar-refractivity contribution in [2.24, 2.45) is 0 Å². The summed E-state index contributed by atoms with van der Waals surface area (Å²) in [6, 6.07) is 12.0. The van der Waals surface area contributed by atoms with Crippen molar-refractivity contribution in [2.75, 3.05) is 34.3 Å². The average Bonchev–Trinajstić information content (AvgIpc) is 3.18. The number of nitrogens with one attached hydrogen (secondary N) is 1. The van der Waals surface area contributed by atoms with E-state index in [1.54, 1.807) is 18.4 Å². The summed E-state index contributed by atoms with van der Waals surface area (Å²) in [6.07, 6.45) is 0. The summed E-state index contributed by atoms with van der Waals surface area (Å²) in [6.45, 7) is 2.10. The minimum absolute atomic E-state index is 0.0289. The van der Waals surface area contributed by atoms with Gasteiger partial charge in [-0.25, -0.2) is 0 Å². The lowest BCUT2D eigenvalue weighted by atomic mass is 10.2. The first-order valence-electron chi connectivity index (χ1n) is 8.21. The first kappa shape index (κ1) is 17.5. The number of likely N-dealkylation sites (N-methyl/N-ethyl adjacent to an activating group) is 1. The van der Waals surface area contributed by atoms with E-state index in [0.29, 0.717) is 18.8 Å². The monoisotopic (exact) mass is 357 g/mol. The number of fused-ring (bicyclic) bond motifs is 1. The summed E-state index contributed by atoms with van der Waals surface area (Å²) >= 11 is 1.66. The third-order valence-electron chi connectivity index (χ3n) is 4.10.